The molecule has 3 N–H and O–H groups in total. The minimum atomic E-state index is -0.601. The number of hydrogen-bond donors (Lipinski definition) is 3. The molecule has 1 atom stereocenters. The third-order valence-electron chi connectivity index (χ3n) is 3.16. The smallest absolute Gasteiger partial charge is 0.237 e. The molecular weight excluding hydrogens is 216 g/mol. The fourth-order valence-electron chi connectivity index (χ4n) is 2.12. The summed E-state index contributed by atoms with van der Waals surface area (Å²) in [7, 11) is 0. The predicted molar refractivity (Wildman–Crippen MR) is 68.8 cm³/mol. The van der Waals surface area contributed by atoms with E-state index in [1.807, 2.05) is 27.7 Å². The van der Waals surface area contributed by atoms with Crippen LogP contribution >= 0.6 is 0 Å². The Morgan fingerprint density at radius 2 is 1.88 bits per heavy atom. The van der Waals surface area contributed by atoms with Crippen molar-refractivity contribution >= 4 is 5.91 Å². The summed E-state index contributed by atoms with van der Waals surface area (Å²) in [6.07, 6.45) is 3.85. The number of carbonyl (C=O) groups excluding carboxylic acids is 1. The van der Waals surface area contributed by atoms with Crippen molar-refractivity contribution in [2.45, 2.75) is 70.6 Å². The molecule has 0 aromatic rings. The topological polar surface area (TPSA) is 61.4 Å². The molecule has 0 aromatic carbocycles. The molecule has 0 bridgehead atoms. The van der Waals surface area contributed by atoms with Gasteiger partial charge in [-0.1, -0.05) is 12.8 Å². The van der Waals surface area contributed by atoms with Gasteiger partial charge in [0.15, 0.2) is 0 Å². The maximum absolute atomic E-state index is 11.8. The summed E-state index contributed by atoms with van der Waals surface area (Å²) in [6.45, 7) is 8.22. The molecule has 0 spiro atoms. The number of hydrogen-bond acceptors (Lipinski definition) is 3. The highest BCUT2D eigenvalue weighted by atomic mass is 16.3. The Balaban J connectivity index is 2.33. The van der Waals surface area contributed by atoms with Gasteiger partial charge in [0.2, 0.25) is 5.91 Å². The Morgan fingerprint density at radius 3 is 2.35 bits per heavy atom. The average Bonchev–Trinajstić information content (AvgIpc) is 2.59. The maximum atomic E-state index is 11.8. The third kappa shape index (κ3) is 5.04. The van der Waals surface area contributed by atoms with Gasteiger partial charge < -0.3 is 15.7 Å². The molecule has 0 saturated heterocycles. The van der Waals surface area contributed by atoms with Crippen molar-refractivity contribution in [1.82, 2.24) is 10.6 Å². The lowest BCUT2D eigenvalue weighted by Crippen LogP contribution is -2.52. The average molecular weight is 242 g/mol. The van der Waals surface area contributed by atoms with Crippen LogP contribution in [0.2, 0.25) is 0 Å². The molecule has 1 saturated carbocycles. The lowest BCUT2D eigenvalue weighted by Gasteiger charge is -2.27. The van der Waals surface area contributed by atoms with E-state index in [1.165, 1.54) is 0 Å². The largest absolute Gasteiger partial charge is 0.389 e. The van der Waals surface area contributed by atoms with E-state index in [9.17, 15) is 9.90 Å². The van der Waals surface area contributed by atoms with Crippen LogP contribution in [0.4, 0.5) is 0 Å². The van der Waals surface area contributed by atoms with E-state index in [0.717, 1.165) is 25.7 Å². The van der Waals surface area contributed by atoms with E-state index in [-0.39, 0.29) is 17.5 Å². The first-order chi connectivity index (χ1) is 7.72. The van der Waals surface area contributed by atoms with Gasteiger partial charge in [-0.25, -0.2) is 0 Å². The van der Waals surface area contributed by atoms with Crippen molar-refractivity contribution in [2.24, 2.45) is 0 Å². The fourth-order valence-corrected chi connectivity index (χ4v) is 2.12. The Labute approximate surface area is 104 Å². The highest BCUT2D eigenvalue weighted by molar-refractivity contribution is 5.81. The standard InChI is InChI=1S/C13H26N2O2/c1-10(11(16)15-12(2,3)4)14-9-13(17)7-5-6-8-13/h10,14,17H,5-9H2,1-4H3,(H,15,16). The quantitative estimate of drug-likeness (QED) is 0.694. The van der Waals surface area contributed by atoms with Gasteiger partial charge in [0, 0.05) is 12.1 Å². The number of nitrogens with one attached hydrogen (secondary N) is 2. The Kier molecular flexibility index (Phi) is 4.55. The Morgan fingerprint density at radius 1 is 1.35 bits per heavy atom. The monoisotopic (exact) mass is 242 g/mol. The van der Waals surface area contributed by atoms with Crippen molar-refractivity contribution in [2.75, 3.05) is 6.54 Å². The molecule has 0 radical (unpaired) electrons. The molecule has 0 aromatic heterocycles. The first kappa shape index (κ1) is 14.5. The van der Waals surface area contributed by atoms with E-state index >= 15 is 0 Å². The van der Waals surface area contributed by atoms with Crippen LogP contribution in [0.25, 0.3) is 0 Å². The van der Waals surface area contributed by atoms with Gasteiger partial charge in [0.25, 0.3) is 0 Å². The number of rotatable bonds is 4. The zero-order chi connectivity index (χ0) is 13.1. The summed E-state index contributed by atoms with van der Waals surface area (Å²) in [5, 5.41) is 16.2. The van der Waals surface area contributed by atoms with Gasteiger partial charge in [0.1, 0.15) is 0 Å². The second-order valence-corrected chi connectivity index (χ2v) is 6.27. The van der Waals surface area contributed by atoms with E-state index in [2.05, 4.69) is 10.6 Å². The zero-order valence-corrected chi connectivity index (χ0v) is 11.5. The SMILES string of the molecule is CC(NCC1(O)CCCC1)C(=O)NC(C)(C)C. The van der Waals surface area contributed by atoms with Crippen molar-refractivity contribution in [3.05, 3.63) is 0 Å². The van der Waals surface area contributed by atoms with E-state index < -0.39 is 5.60 Å². The molecular formula is C13H26N2O2. The van der Waals surface area contributed by atoms with Gasteiger partial charge in [-0.15, -0.1) is 0 Å². The fraction of sp³-hybridized carbons (Fsp3) is 0.923. The second kappa shape index (κ2) is 5.36. The van der Waals surface area contributed by atoms with E-state index in [4.69, 9.17) is 0 Å². The highest BCUT2D eigenvalue weighted by Crippen LogP contribution is 2.28. The van der Waals surface area contributed by atoms with Crippen LogP contribution in [0.5, 0.6) is 0 Å². The van der Waals surface area contributed by atoms with E-state index in [0.29, 0.717) is 6.54 Å². The van der Waals surface area contributed by atoms with Gasteiger partial charge in [-0.05, 0) is 40.5 Å². The van der Waals surface area contributed by atoms with Crippen LogP contribution < -0.4 is 10.6 Å². The molecule has 1 aliphatic carbocycles. The molecule has 1 unspecified atom stereocenters. The number of aliphatic hydroxyl groups is 1. The van der Waals surface area contributed by atoms with Crippen LogP contribution in [0, 0.1) is 0 Å². The maximum Gasteiger partial charge on any atom is 0.237 e. The van der Waals surface area contributed by atoms with Crippen molar-refractivity contribution < 1.29 is 9.90 Å². The summed E-state index contributed by atoms with van der Waals surface area (Å²) >= 11 is 0. The second-order valence-electron chi connectivity index (χ2n) is 6.27. The molecule has 1 amide bonds. The van der Waals surface area contributed by atoms with Gasteiger partial charge in [-0.2, -0.15) is 0 Å². The number of carbonyl (C=O) groups is 1. The molecule has 4 heteroatoms. The summed E-state index contributed by atoms with van der Waals surface area (Å²) in [6, 6.07) is -0.265. The van der Waals surface area contributed by atoms with Crippen molar-refractivity contribution in [3.63, 3.8) is 0 Å². The van der Waals surface area contributed by atoms with Crippen LogP contribution in [0.3, 0.4) is 0 Å². The first-order valence-electron chi connectivity index (χ1n) is 6.50. The van der Waals surface area contributed by atoms with Crippen LogP contribution in [-0.2, 0) is 4.79 Å². The summed E-state index contributed by atoms with van der Waals surface area (Å²) in [5.74, 6) is -0.0147. The van der Waals surface area contributed by atoms with Gasteiger partial charge in [0.05, 0.1) is 11.6 Å². The number of amides is 1. The lowest BCUT2D eigenvalue weighted by molar-refractivity contribution is -0.124. The molecule has 100 valence electrons. The molecule has 0 heterocycles. The molecule has 17 heavy (non-hydrogen) atoms. The van der Waals surface area contributed by atoms with Crippen molar-refractivity contribution in [3.8, 4) is 0 Å². The minimum Gasteiger partial charge on any atom is -0.389 e. The minimum absolute atomic E-state index is 0.0147. The molecule has 4 nitrogen and oxygen atoms in total. The lowest BCUT2D eigenvalue weighted by atomic mass is 10.0. The highest BCUT2D eigenvalue weighted by Gasteiger charge is 2.31. The van der Waals surface area contributed by atoms with Crippen LogP contribution in [0.15, 0.2) is 0 Å². The third-order valence-corrected chi connectivity index (χ3v) is 3.16. The van der Waals surface area contributed by atoms with Gasteiger partial charge in [-0.3, -0.25) is 4.79 Å². The molecule has 1 fully saturated rings. The van der Waals surface area contributed by atoms with Crippen LogP contribution in [-0.4, -0.2) is 34.7 Å². The summed E-state index contributed by atoms with van der Waals surface area (Å²) in [4.78, 5) is 11.8. The summed E-state index contributed by atoms with van der Waals surface area (Å²) in [5.41, 5.74) is -0.812. The zero-order valence-electron chi connectivity index (χ0n) is 11.5. The summed E-state index contributed by atoms with van der Waals surface area (Å²) < 4.78 is 0. The van der Waals surface area contributed by atoms with Gasteiger partial charge >= 0.3 is 0 Å². The Bertz CT molecular complexity index is 265. The predicted octanol–water partition coefficient (Wildman–Crippen LogP) is 1.18. The normalized spacial score (nSPS) is 21.2. The van der Waals surface area contributed by atoms with Crippen LogP contribution in [0.1, 0.15) is 53.4 Å². The molecule has 1 aliphatic rings. The molecule has 0 aliphatic heterocycles. The first-order valence-corrected chi connectivity index (χ1v) is 6.50. The Hall–Kier alpha value is -0.610. The van der Waals surface area contributed by atoms with E-state index in [1.54, 1.807) is 0 Å². The molecule has 1 rings (SSSR count). The van der Waals surface area contributed by atoms with Crippen molar-refractivity contribution in [1.29, 1.82) is 0 Å².